The smallest absolute Gasteiger partial charge is 0.224 e. The van der Waals surface area contributed by atoms with Gasteiger partial charge in [0.25, 0.3) is 0 Å². The first-order valence-corrected chi connectivity index (χ1v) is 8.91. The van der Waals surface area contributed by atoms with Gasteiger partial charge < -0.3 is 11.1 Å². The molecule has 0 aliphatic rings. The SMILES string of the molecule is CC(N)C(C)C(=O)NCCCS(=O)(=O)Cc1ccccc1.Cl. The van der Waals surface area contributed by atoms with Crippen molar-refractivity contribution in [1.29, 1.82) is 0 Å². The van der Waals surface area contributed by atoms with E-state index in [0.717, 1.165) is 5.56 Å². The number of nitrogens with one attached hydrogen (secondary N) is 1. The van der Waals surface area contributed by atoms with E-state index in [9.17, 15) is 13.2 Å². The summed E-state index contributed by atoms with van der Waals surface area (Å²) < 4.78 is 23.9. The molecule has 7 heteroatoms. The fourth-order valence-electron chi connectivity index (χ4n) is 1.80. The Balaban J connectivity index is 0.00000441. The lowest BCUT2D eigenvalue weighted by molar-refractivity contribution is -0.124. The van der Waals surface area contributed by atoms with E-state index in [4.69, 9.17) is 5.73 Å². The molecule has 22 heavy (non-hydrogen) atoms. The lowest BCUT2D eigenvalue weighted by Crippen LogP contribution is -2.39. The van der Waals surface area contributed by atoms with Crippen molar-refractivity contribution in [2.75, 3.05) is 12.3 Å². The molecule has 3 N–H and O–H groups in total. The number of hydrogen-bond acceptors (Lipinski definition) is 4. The molecule has 0 aromatic heterocycles. The third-order valence-corrected chi connectivity index (χ3v) is 5.05. The number of benzene rings is 1. The Bertz CT molecular complexity index is 547. The molecule has 0 heterocycles. The average molecular weight is 349 g/mol. The molecule has 0 saturated carbocycles. The third-order valence-electron chi connectivity index (χ3n) is 3.36. The van der Waals surface area contributed by atoms with Crippen LogP contribution < -0.4 is 11.1 Å². The maximum Gasteiger partial charge on any atom is 0.224 e. The number of hydrogen-bond donors (Lipinski definition) is 2. The highest BCUT2D eigenvalue weighted by molar-refractivity contribution is 7.90. The Kier molecular flexibility index (Phi) is 9.32. The van der Waals surface area contributed by atoms with Crippen LogP contribution in [0.1, 0.15) is 25.8 Å². The summed E-state index contributed by atoms with van der Waals surface area (Å²) >= 11 is 0. The van der Waals surface area contributed by atoms with Crippen LogP contribution in [0.2, 0.25) is 0 Å². The van der Waals surface area contributed by atoms with Gasteiger partial charge >= 0.3 is 0 Å². The molecule has 5 nitrogen and oxygen atoms in total. The van der Waals surface area contributed by atoms with E-state index in [1.807, 2.05) is 18.2 Å². The van der Waals surface area contributed by atoms with E-state index >= 15 is 0 Å². The fraction of sp³-hybridized carbons (Fsp3) is 0.533. The van der Waals surface area contributed by atoms with Crippen LogP contribution in [0.15, 0.2) is 30.3 Å². The summed E-state index contributed by atoms with van der Waals surface area (Å²) in [4.78, 5) is 11.7. The number of carbonyl (C=O) groups is 1. The minimum Gasteiger partial charge on any atom is -0.356 e. The van der Waals surface area contributed by atoms with Crippen molar-refractivity contribution >= 4 is 28.2 Å². The molecule has 0 fully saturated rings. The van der Waals surface area contributed by atoms with Crippen LogP contribution >= 0.6 is 12.4 Å². The molecule has 0 aliphatic heterocycles. The van der Waals surface area contributed by atoms with Gasteiger partial charge in [-0.1, -0.05) is 37.3 Å². The maximum absolute atomic E-state index is 12.0. The highest BCUT2D eigenvalue weighted by Gasteiger charge is 2.17. The van der Waals surface area contributed by atoms with E-state index in [0.29, 0.717) is 13.0 Å². The standard InChI is InChI=1S/C15H24N2O3S.ClH/c1-12(13(2)16)15(18)17-9-6-10-21(19,20)11-14-7-4-3-5-8-14;/h3-5,7-8,12-13H,6,9-11,16H2,1-2H3,(H,17,18);1H. The second-order valence-corrected chi connectivity index (χ2v) is 7.55. The third kappa shape index (κ3) is 7.77. The van der Waals surface area contributed by atoms with Gasteiger partial charge in [-0.3, -0.25) is 4.79 Å². The van der Waals surface area contributed by atoms with Crippen LogP contribution in [-0.2, 0) is 20.4 Å². The average Bonchev–Trinajstić information content (AvgIpc) is 2.43. The minimum absolute atomic E-state index is 0. The summed E-state index contributed by atoms with van der Waals surface area (Å²) in [6, 6.07) is 8.87. The first kappa shape index (κ1) is 20.9. The van der Waals surface area contributed by atoms with Gasteiger partial charge in [-0.2, -0.15) is 0 Å². The lowest BCUT2D eigenvalue weighted by atomic mass is 10.0. The first-order valence-electron chi connectivity index (χ1n) is 7.09. The summed E-state index contributed by atoms with van der Waals surface area (Å²) in [6.07, 6.45) is 0.409. The van der Waals surface area contributed by atoms with Gasteiger partial charge in [0.1, 0.15) is 0 Å². The summed E-state index contributed by atoms with van der Waals surface area (Å²) in [5, 5.41) is 2.72. The van der Waals surface area contributed by atoms with E-state index in [-0.39, 0.29) is 41.8 Å². The number of halogens is 1. The highest BCUT2D eigenvalue weighted by Crippen LogP contribution is 2.07. The van der Waals surface area contributed by atoms with Crippen molar-refractivity contribution < 1.29 is 13.2 Å². The molecule has 1 aromatic rings. The number of carbonyl (C=O) groups excluding carboxylic acids is 1. The Hall–Kier alpha value is -1.11. The zero-order valence-corrected chi connectivity index (χ0v) is 14.6. The monoisotopic (exact) mass is 348 g/mol. The Morgan fingerprint density at radius 1 is 1.23 bits per heavy atom. The van der Waals surface area contributed by atoms with Crippen molar-refractivity contribution in [3.8, 4) is 0 Å². The fourth-order valence-corrected chi connectivity index (χ4v) is 3.23. The zero-order valence-electron chi connectivity index (χ0n) is 13.0. The van der Waals surface area contributed by atoms with Crippen molar-refractivity contribution in [3.63, 3.8) is 0 Å². The molecule has 0 saturated heterocycles. The molecular weight excluding hydrogens is 324 g/mol. The van der Waals surface area contributed by atoms with Crippen LogP contribution in [0.25, 0.3) is 0 Å². The molecule has 2 unspecified atom stereocenters. The Morgan fingerprint density at radius 3 is 2.36 bits per heavy atom. The molecule has 1 aromatic carbocycles. The van der Waals surface area contributed by atoms with Crippen LogP contribution in [0, 0.1) is 5.92 Å². The summed E-state index contributed by atoms with van der Waals surface area (Å²) in [6.45, 7) is 3.88. The largest absolute Gasteiger partial charge is 0.356 e. The Labute approximate surface area is 139 Å². The molecule has 1 amide bonds. The highest BCUT2D eigenvalue weighted by atomic mass is 35.5. The molecule has 0 spiro atoms. The topological polar surface area (TPSA) is 89.3 Å². The number of sulfone groups is 1. The van der Waals surface area contributed by atoms with Crippen molar-refractivity contribution in [2.24, 2.45) is 11.7 Å². The van der Waals surface area contributed by atoms with Crippen LogP contribution in [0.4, 0.5) is 0 Å². The Morgan fingerprint density at radius 2 is 1.82 bits per heavy atom. The molecular formula is C15H25ClN2O3S. The molecule has 0 bridgehead atoms. The van der Waals surface area contributed by atoms with Crippen LogP contribution in [-0.4, -0.2) is 32.7 Å². The molecule has 1 rings (SSSR count). The second-order valence-electron chi connectivity index (χ2n) is 5.37. The zero-order chi connectivity index (χ0) is 15.9. The predicted molar refractivity (Wildman–Crippen MR) is 91.6 cm³/mol. The second kappa shape index (κ2) is 9.82. The van der Waals surface area contributed by atoms with E-state index < -0.39 is 9.84 Å². The van der Waals surface area contributed by atoms with Crippen LogP contribution in [0.5, 0.6) is 0 Å². The normalized spacial score (nSPS) is 13.8. The summed E-state index contributed by atoms with van der Waals surface area (Å²) in [5.74, 6) is -0.302. The molecule has 0 radical (unpaired) electrons. The number of rotatable bonds is 8. The quantitative estimate of drug-likeness (QED) is 0.697. The van der Waals surface area contributed by atoms with Gasteiger partial charge in [-0.05, 0) is 18.9 Å². The minimum atomic E-state index is -3.15. The van der Waals surface area contributed by atoms with Crippen molar-refractivity contribution in [1.82, 2.24) is 5.32 Å². The molecule has 126 valence electrons. The summed E-state index contributed by atoms with van der Waals surface area (Å²) in [7, 11) is -3.15. The number of amides is 1. The van der Waals surface area contributed by atoms with Crippen LogP contribution in [0.3, 0.4) is 0 Å². The van der Waals surface area contributed by atoms with Crippen molar-refractivity contribution in [3.05, 3.63) is 35.9 Å². The first-order chi connectivity index (χ1) is 9.82. The summed E-state index contributed by atoms with van der Waals surface area (Å²) in [5.41, 5.74) is 6.42. The number of nitrogens with two attached hydrogens (primary N) is 1. The van der Waals surface area contributed by atoms with E-state index in [1.165, 1.54) is 0 Å². The van der Waals surface area contributed by atoms with Gasteiger partial charge in [0, 0.05) is 18.5 Å². The van der Waals surface area contributed by atoms with E-state index in [1.54, 1.807) is 26.0 Å². The van der Waals surface area contributed by atoms with Gasteiger partial charge in [0.15, 0.2) is 9.84 Å². The van der Waals surface area contributed by atoms with Gasteiger partial charge in [-0.25, -0.2) is 8.42 Å². The van der Waals surface area contributed by atoms with Gasteiger partial charge in [-0.15, -0.1) is 12.4 Å². The lowest BCUT2D eigenvalue weighted by Gasteiger charge is -2.15. The molecule has 0 aliphatic carbocycles. The molecule has 2 atom stereocenters. The predicted octanol–water partition coefficient (Wildman–Crippen LogP) is 1.51. The maximum atomic E-state index is 12.0. The van der Waals surface area contributed by atoms with Gasteiger partial charge in [0.05, 0.1) is 11.5 Å². The van der Waals surface area contributed by atoms with E-state index in [2.05, 4.69) is 5.32 Å². The van der Waals surface area contributed by atoms with Crippen molar-refractivity contribution in [2.45, 2.75) is 32.1 Å². The van der Waals surface area contributed by atoms with Gasteiger partial charge in [0.2, 0.25) is 5.91 Å².